The Morgan fingerprint density at radius 1 is 1.11 bits per heavy atom. The van der Waals surface area contributed by atoms with Gasteiger partial charge >= 0.3 is 6.01 Å². The number of ether oxygens (including phenoxy) is 2. The van der Waals surface area contributed by atoms with Crippen molar-refractivity contribution in [1.82, 2.24) is 14.8 Å². The maximum atomic E-state index is 13.1. The number of aromatic nitrogens is 3. The molecular formula is C20H20BrN3O3. The van der Waals surface area contributed by atoms with Crippen LogP contribution in [-0.2, 0) is 11.2 Å². The zero-order chi connectivity index (χ0) is 19.2. The van der Waals surface area contributed by atoms with Gasteiger partial charge in [-0.15, -0.1) is 5.10 Å². The Morgan fingerprint density at radius 3 is 2.52 bits per heavy atom. The van der Waals surface area contributed by atoms with Gasteiger partial charge in [-0.05, 0) is 40.0 Å². The Morgan fingerprint density at radius 2 is 1.85 bits per heavy atom. The number of hydrogen-bond acceptors (Lipinski definition) is 5. The first-order chi connectivity index (χ1) is 13.1. The molecule has 0 bridgehead atoms. The molecule has 0 N–H and O–H groups in total. The highest BCUT2D eigenvalue weighted by molar-refractivity contribution is 9.10. The van der Waals surface area contributed by atoms with E-state index in [1.54, 1.807) is 19.2 Å². The molecule has 0 saturated carbocycles. The molecule has 0 aliphatic rings. The Balaban J connectivity index is 2.01. The maximum Gasteiger partial charge on any atom is 0.336 e. The van der Waals surface area contributed by atoms with E-state index >= 15 is 0 Å². The zero-order valence-electron chi connectivity index (χ0n) is 15.2. The van der Waals surface area contributed by atoms with Crippen molar-refractivity contribution in [3.63, 3.8) is 0 Å². The molecule has 3 aromatic rings. The lowest BCUT2D eigenvalue weighted by Crippen LogP contribution is -2.16. The van der Waals surface area contributed by atoms with Crippen LogP contribution in [0.3, 0.4) is 0 Å². The summed E-state index contributed by atoms with van der Waals surface area (Å²) in [6, 6.07) is 15.3. The number of aryl methyl sites for hydroxylation is 1. The van der Waals surface area contributed by atoms with Crippen LogP contribution < -0.4 is 4.74 Å². The molecule has 1 heterocycles. The molecule has 0 amide bonds. The summed E-state index contributed by atoms with van der Waals surface area (Å²) in [6.45, 7) is 2.81. The van der Waals surface area contributed by atoms with Crippen molar-refractivity contribution in [1.29, 1.82) is 0 Å². The topological polar surface area (TPSA) is 66.2 Å². The standard InChI is InChI=1S/C20H20BrN3O3/c1-3-14-8-10-15(11-9-14)18-22-20(27-13-12-26-2)23-24(18)19(25)16-6-4-5-7-17(16)21/h4-11H,3,12-13H2,1-2H3. The number of carbonyl (C=O) groups excluding carboxylic acids is 1. The predicted octanol–water partition coefficient (Wildman–Crippen LogP) is 3.98. The number of hydrogen-bond donors (Lipinski definition) is 0. The van der Waals surface area contributed by atoms with Gasteiger partial charge in [0.2, 0.25) is 0 Å². The normalized spacial score (nSPS) is 10.8. The molecule has 0 spiro atoms. The summed E-state index contributed by atoms with van der Waals surface area (Å²) in [5.41, 5.74) is 2.50. The Bertz CT molecular complexity index is 922. The van der Waals surface area contributed by atoms with Crippen LogP contribution in [0.2, 0.25) is 0 Å². The van der Waals surface area contributed by atoms with Gasteiger partial charge in [0.05, 0.1) is 12.2 Å². The molecule has 0 aliphatic carbocycles. The number of carbonyl (C=O) groups is 1. The third-order valence-corrected chi connectivity index (χ3v) is 4.71. The van der Waals surface area contributed by atoms with Crippen LogP contribution >= 0.6 is 15.9 Å². The first kappa shape index (κ1) is 19.3. The second-order valence-electron chi connectivity index (χ2n) is 5.81. The van der Waals surface area contributed by atoms with Crippen molar-refractivity contribution in [3.8, 4) is 17.4 Å². The molecule has 0 aliphatic heterocycles. The van der Waals surface area contributed by atoms with Crippen LogP contribution in [0.15, 0.2) is 53.0 Å². The van der Waals surface area contributed by atoms with Crippen molar-refractivity contribution < 1.29 is 14.3 Å². The highest BCUT2D eigenvalue weighted by Gasteiger charge is 2.21. The van der Waals surface area contributed by atoms with E-state index in [1.807, 2.05) is 36.4 Å². The maximum absolute atomic E-state index is 13.1. The Kier molecular flexibility index (Phi) is 6.36. The lowest BCUT2D eigenvalue weighted by atomic mass is 10.1. The molecule has 1 aromatic heterocycles. The van der Waals surface area contributed by atoms with Gasteiger partial charge in [0.1, 0.15) is 6.61 Å². The number of methoxy groups -OCH3 is 1. The Labute approximate surface area is 166 Å². The second-order valence-corrected chi connectivity index (χ2v) is 6.66. The van der Waals surface area contributed by atoms with Crippen molar-refractivity contribution in [2.75, 3.05) is 20.3 Å². The SMILES string of the molecule is CCc1ccc(-c2nc(OCCOC)nn2C(=O)c2ccccc2Br)cc1. The van der Waals surface area contributed by atoms with E-state index in [1.165, 1.54) is 10.2 Å². The van der Waals surface area contributed by atoms with Gasteiger partial charge < -0.3 is 9.47 Å². The quantitative estimate of drug-likeness (QED) is 0.531. The first-order valence-corrected chi connectivity index (χ1v) is 9.40. The van der Waals surface area contributed by atoms with Crippen molar-refractivity contribution in [2.45, 2.75) is 13.3 Å². The van der Waals surface area contributed by atoms with Crippen LogP contribution in [0.4, 0.5) is 0 Å². The van der Waals surface area contributed by atoms with Gasteiger partial charge in [-0.25, -0.2) is 0 Å². The van der Waals surface area contributed by atoms with E-state index in [0.717, 1.165) is 12.0 Å². The van der Waals surface area contributed by atoms with Crippen LogP contribution in [-0.4, -0.2) is 41.0 Å². The summed E-state index contributed by atoms with van der Waals surface area (Å²) in [4.78, 5) is 17.5. The minimum Gasteiger partial charge on any atom is -0.460 e. The van der Waals surface area contributed by atoms with Gasteiger partial charge in [-0.3, -0.25) is 4.79 Å². The zero-order valence-corrected chi connectivity index (χ0v) is 16.8. The molecule has 0 radical (unpaired) electrons. The highest BCUT2D eigenvalue weighted by atomic mass is 79.9. The molecule has 6 nitrogen and oxygen atoms in total. The fourth-order valence-electron chi connectivity index (χ4n) is 2.54. The van der Waals surface area contributed by atoms with E-state index < -0.39 is 0 Å². The molecular weight excluding hydrogens is 410 g/mol. The lowest BCUT2D eigenvalue weighted by Gasteiger charge is -2.06. The van der Waals surface area contributed by atoms with Crippen LogP contribution in [0.5, 0.6) is 6.01 Å². The number of benzene rings is 2. The first-order valence-electron chi connectivity index (χ1n) is 8.61. The predicted molar refractivity (Wildman–Crippen MR) is 106 cm³/mol. The lowest BCUT2D eigenvalue weighted by molar-refractivity contribution is 0.0942. The summed E-state index contributed by atoms with van der Waals surface area (Å²) < 4.78 is 12.5. The number of halogens is 1. The fraction of sp³-hybridized carbons (Fsp3) is 0.250. The minimum absolute atomic E-state index is 0.141. The molecule has 140 valence electrons. The van der Waals surface area contributed by atoms with E-state index in [9.17, 15) is 4.79 Å². The summed E-state index contributed by atoms with van der Waals surface area (Å²) in [5, 5.41) is 4.28. The fourth-order valence-corrected chi connectivity index (χ4v) is 2.99. The smallest absolute Gasteiger partial charge is 0.336 e. The van der Waals surface area contributed by atoms with Crippen LogP contribution in [0.25, 0.3) is 11.4 Å². The van der Waals surface area contributed by atoms with E-state index in [-0.39, 0.29) is 11.9 Å². The summed E-state index contributed by atoms with van der Waals surface area (Å²) in [5.74, 6) is 0.150. The molecule has 0 atom stereocenters. The average Bonchev–Trinajstić information content (AvgIpc) is 3.12. The molecule has 0 saturated heterocycles. The molecule has 7 heteroatoms. The monoisotopic (exact) mass is 429 g/mol. The van der Waals surface area contributed by atoms with Crippen LogP contribution in [0.1, 0.15) is 22.8 Å². The Hall–Kier alpha value is -2.51. The van der Waals surface area contributed by atoms with Crippen molar-refractivity contribution >= 4 is 21.8 Å². The molecule has 3 rings (SSSR count). The van der Waals surface area contributed by atoms with E-state index in [2.05, 4.69) is 32.9 Å². The van der Waals surface area contributed by atoms with Crippen molar-refractivity contribution in [3.05, 3.63) is 64.1 Å². The van der Waals surface area contributed by atoms with Crippen LogP contribution in [0, 0.1) is 0 Å². The van der Waals surface area contributed by atoms with E-state index in [0.29, 0.717) is 29.1 Å². The average molecular weight is 430 g/mol. The summed E-state index contributed by atoms with van der Waals surface area (Å²) in [7, 11) is 1.59. The van der Waals surface area contributed by atoms with Crippen molar-refractivity contribution in [2.24, 2.45) is 0 Å². The largest absolute Gasteiger partial charge is 0.460 e. The summed E-state index contributed by atoms with van der Waals surface area (Å²) in [6.07, 6.45) is 0.939. The minimum atomic E-state index is -0.286. The van der Waals surface area contributed by atoms with Gasteiger partial charge in [0.25, 0.3) is 5.91 Å². The number of nitrogens with zero attached hydrogens (tertiary/aromatic N) is 3. The summed E-state index contributed by atoms with van der Waals surface area (Å²) >= 11 is 3.42. The number of rotatable bonds is 7. The highest BCUT2D eigenvalue weighted by Crippen LogP contribution is 2.24. The molecule has 0 fully saturated rings. The van der Waals surface area contributed by atoms with E-state index in [4.69, 9.17) is 9.47 Å². The molecule has 0 unspecified atom stereocenters. The second kappa shape index (κ2) is 8.92. The van der Waals surface area contributed by atoms with Gasteiger partial charge in [-0.1, -0.05) is 43.3 Å². The third-order valence-electron chi connectivity index (χ3n) is 4.02. The molecule has 2 aromatic carbocycles. The third kappa shape index (κ3) is 4.43. The molecule has 27 heavy (non-hydrogen) atoms. The van der Waals surface area contributed by atoms with Gasteiger partial charge in [-0.2, -0.15) is 9.67 Å². The van der Waals surface area contributed by atoms with Gasteiger partial charge in [0.15, 0.2) is 5.82 Å². The van der Waals surface area contributed by atoms with Gasteiger partial charge in [0, 0.05) is 17.1 Å².